The summed E-state index contributed by atoms with van der Waals surface area (Å²) in [6.45, 7) is 5.92. The van der Waals surface area contributed by atoms with E-state index in [1.54, 1.807) is 12.1 Å². The van der Waals surface area contributed by atoms with E-state index in [1.807, 2.05) is 6.92 Å². The standard InChI is InChI=1S/C12H19NO2.C7H8O3S/c1-3-9-4-10-6-12(7-13,11(10)5-9)15-8(2)14;1-6-2-4-7(5-3-6)11(8,9)10/h5,10-11H,3-4,6-7,13H2,1-2H3;2-5H,1H3,(H,8,9,10)/t10-,11-,12-;/m1./s1. The molecule has 2 aliphatic rings. The minimum atomic E-state index is -4.02. The van der Waals surface area contributed by atoms with Gasteiger partial charge < -0.3 is 10.5 Å². The van der Waals surface area contributed by atoms with Crippen LogP contribution in [0.25, 0.3) is 0 Å². The molecule has 26 heavy (non-hydrogen) atoms. The topological polar surface area (TPSA) is 107 Å². The Labute approximate surface area is 155 Å². The number of rotatable bonds is 4. The molecule has 0 radical (unpaired) electrons. The van der Waals surface area contributed by atoms with Gasteiger partial charge in [0.1, 0.15) is 5.60 Å². The van der Waals surface area contributed by atoms with Crippen LogP contribution in [0, 0.1) is 18.8 Å². The summed E-state index contributed by atoms with van der Waals surface area (Å²) in [7, 11) is -4.02. The van der Waals surface area contributed by atoms with Gasteiger partial charge in [0.2, 0.25) is 0 Å². The van der Waals surface area contributed by atoms with Gasteiger partial charge in [-0.1, -0.05) is 36.3 Å². The van der Waals surface area contributed by atoms with Gasteiger partial charge in [-0.05, 0) is 44.2 Å². The summed E-state index contributed by atoms with van der Waals surface area (Å²) in [5.74, 6) is 0.835. The fraction of sp³-hybridized carbons (Fsp3) is 0.526. The van der Waals surface area contributed by atoms with Crippen LogP contribution in [0.15, 0.2) is 40.8 Å². The van der Waals surface area contributed by atoms with Crippen molar-refractivity contribution in [3.05, 3.63) is 41.5 Å². The van der Waals surface area contributed by atoms with Gasteiger partial charge >= 0.3 is 5.97 Å². The van der Waals surface area contributed by atoms with Crippen LogP contribution in [-0.4, -0.2) is 31.1 Å². The number of aryl methyl sites for hydroxylation is 1. The molecule has 0 bridgehead atoms. The van der Waals surface area contributed by atoms with Crippen molar-refractivity contribution in [3.63, 3.8) is 0 Å². The second kappa shape index (κ2) is 7.90. The summed E-state index contributed by atoms with van der Waals surface area (Å²) in [6, 6.07) is 5.99. The molecule has 0 aromatic heterocycles. The Morgan fingerprint density at radius 2 is 1.96 bits per heavy atom. The van der Waals surface area contributed by atoms with Crippen LogP contribution in [0.5, 0.6) is 0 Å². The van der Waals surface area contributed by atoms with Crippen molar-refractivity contribution >= 4 is 16.1 Å². The van der Waals surface area contributed by atoms with Gasteiger partial charge in [-0.3, -0.25) is 9.35 Å². The normalized spacial score (nSPS) is 26.7. The molecule has 0 saturated heterocycles. The van der Waals surface area contributed by atoms with E-state index < -0.39 is 10.1 Å². The number of fused-ring (bicyclic) bond motifs is 1. The lowest BCUT2D eigenvalue weighted by Gasteiger charge is -2.50. The lowest BCUT2D eigenvalue weighted by atomic mass is 9.62. The zero-order valence-corrected chi connectivity index (χ0v) is 16.3. The van der Waals surface area contributed by atoms with E-state index in [0.717, 1.165) is 18.4 Å². The average molecular weight is 381 g/mol. The number of carbonyl (C=O) groups excluding carboxylic acids is 1. The first-order chi connectivity index (χ1) is 12.1. The van der Waals surface area contributed by atoms with Crippen molar-refractivity contribution in [2.24, 2.45) is 17.6 Å². The molecule has 3 N–H and O–H groups in total. The Morgan fingerprint density at radius 1 is 1.35 bits per heavy atom. The van der Waals surface area contributed by atoms with Gasteiger partial charge in [-0.2, -0.15) is 8.42 Å². The molecule has 1 aromatic carbocycles. The SMILES string of the molecule is CCC1=C[C@@H]2[C@H](C1)C[C@]2(CN)OC(C)=O.Cc1ccc(S(=O)(=O)O)cc1. The number of hydrogen-bond donors (Lipinski definition) is 2. The predicted octanol–water partition coefficient (Wildman–Crippen LogP) is 2.86. The number of ether oxygens (including phenoxy) is 1. The molecule has 0 amide bonds. The third kappa shape index (κ3) is 4.52. The second-order valence-electron chi connectivity index (χ2n) is 7.02. The highest BCUT2D eigenvalue weighted by atomic mass is 32.2. The largest absolute Gasteiger partial charge is 0.457 e. The van der Waals surface area contributed by atoms with Gasteiger partial charge in [0, 0.05) is 19.4 Å². The van der Waals surface area contributed by atoms with E-state index in [-0.39, 0.29) is 16.5 Å². The third-order valence-electron chi connectivity index (χ3n) is 5.13. The van der Waals surface area contributed by atoms with Crippen molar-refractivity contribution in [3.8, 4) is 0 Å². The maximum absolute atomic E-state index is 11.1. The molecule has 7 heteroatoms. The van der Waals surface area contributed by atoms with Crippen molar-refractivity contribution < 1.29 is 22.5 Å². The van der Waals surface area contributed by atoms with Crippen molar-refractivity contribution in [1.82, 2.24) is 0 Å². The van der Waals surface area contributed by atoms with Crippen LogP contribution < -0.4 is 5.73 Å². The maximum Gasteiger partial charge on any atom is 0.303 e. The van der Waals surface area contributed by atoms with Crippen molar-refractivity contribution in [2.45, 2.75) is 50.5 Å². The van der Waals surface area contributed by atoms with Gasteiger partial charge in [0.05, 0.1) is 4.90 Å². The summed E-state index contributed by atoms with van der Waals surface area (Å²) in [5, 5.41) is 0. The smallest absolute Gasteiger partial charge is 0.303 e. The van der Waals surface area contributed by atoms with E-state index in [2.05, 4.69) is 13.0 Å². The molecule has 1 fully saturated rings. The monoisotopic (exact) mass is 381 g/mol. The first-order valence-electron chi connectivity index (χ1n) is 8.74. The fourth-order valence-electron chi connectivity index (χ4n) is 3.75. The summed E-state index contributed by atoms with van der Waals surface area (Å²) in [4.78, 5) is 11.0. The number of hydrogen-bond acceptors (Lipinski definition) is 5. The molecule has 0 unspecified atom stereocenters. The lowest BCUT2D eigenvalue weighted by molar-refractivity contribution is -0.181. The molecule has 2 aliphatic carbocycles. The molecule has 144 valence electrons. The quantitative estimate of drug-likeness (QED) is 0.472. The fourth-order valence-corrected chi connectivity index (χ4v) is 4.23. The number of carbonyl (C=O) groups is 1. The van der Waals surface area contributed by atoms with Crippen LogP contribution >= 0.6 is 0 Å². The highest BCUT2D eigenvalue weighted by Crippen LogP contribution is 2.54. The maximum atomic E-state index is 11.1. The van der Waals surface area contributed by atoms with E-state index >= 15 is 0 Å². The van der Waals surface area contributed by atoms with E-state index in [4.69, 9.17) is 15.0 Å². The molecule has 0 heterocycles. The lowest BCUT2D eigenvalue weighted by Crippen LogP contribution is -2.58. The van der Waals surface area contributed by atoms with E-state index in [0.29, 0.717) is 18.4 Å². The second-order valence-corrected chi connectivity index (χ2v) is 8.44. The van der Waals surface area contributed by atoms with E-state index in [9.17, 15) is 13.2 Å². The Morgan fingerprint density at radius 3 is 2.42 bits per heavy atom. The predicted molar refractivity (Wildman–Crippen MR) is 99.1 cm³/mol. The molecule has 1 aromatic rings. The summed E-state index contributed by atoms with van der Waals surface area (Å²) >= 11 is 0. The molecule has 3 rings (SSSR count). The number of allylic oxidation sites excluding steroid dienone is 1. The molecule has 0 aliphatic heterocycles. The van der Waals surface area contributed by atoms with Crippen LogP contribution in [0.2, 0.25) is 0 Å². The summed E-state index contributed by atoms with van der Waals surface area (Å²) in [5.41, 5.74) is 7.82. The average Bonchev–Trinajstić information content (AvgIpc) is 2.90. The number of nitrogens with two attached hydrogens (primary N) is 1. The molecule has 6 nitrogen and oxygen atoms in total. The highest BCUT2D eigenvalue weighted by Gasteiger charge is 2.56. The Hall–Kier alpha value is -1.70. The molecular formula is C19H27NO5S. The molecule has 1 saturated carbocycles. The van der Waals surface area contributed by atoms with Gasteiger partial charge in [0.25, 0.3) is 10.1 Å². The Bertz CT molecular complexity index is 785. The van der Waals surface area contributed by atoms with Gasteiger partial charge in [0.15, 0.2) is 0 Å². The van der Waals surface area contributed by atoms with Crippen molar-refractivity contribution in [1.29, 1.82) is 0 Å². The number of benzene rings is 1. The Kier molecular flexibility index (Phi) is 6.26. The van der Waals surface area contributed by atoms with Crippen LogP contribution in [0.1, 0.15) is 38.7 Å². The summed E-state index contributed by atoms with van der Waals surface area (Å²) in [6.07, 6.45) is 5.50. The first-order valence-corrected chi connectivity index (χ1v) is 10.2. The van der Waals surface area contributed by atoms with Crippen molar-refractivity contribution in [2.75, 3.05) is 6.54 Å². The molecular weight excluding hydrogens is 354 g/mol. The molecule has 3 atom stereocenters. The first kappa shape index (κ1) is 20.6. The van der Waals surface area contributed by atoms with E-state index in [1.165, 1.54) is 31.1 Å². The Balaban J connectivity index is 0.000000197. The van der Waals surface area contributed by atoms with Gasteiger partial charge in [-0.15, -0.1) is 0 Å². The molecule has 0 spiro atoms. The summed E-state index contributed by atoms with van der Waals surface area (Å²) < 4.78 is 35.0. The number of esters is 1. The minimum absolute atomic E-state index is 0.0666. The zero-order valence-electron chi connectivity index (χ0n) is 15.4. The third-order valence-corrected chi connectivity index (χ3v) is 6.00. The minimum Gasteiger partial charge on any atom is -0.457 e. The van der Waals surface area contributed by atoms with Crippen LogP contribution in [-0.2, 0) is 19.6 Å². The zero-order chi connectivity index (χ0) is 19.5. The van der Waals surface area contributed by atoms with Crippen LogP contribution in [0.3, 0.4) is 0 Å². The van der Waals surface area contributed by atoms with Gasteiger partial charge in [-0.25, -0.2) is 0 Å². The highest BCUT2D eigenvalue weighted by molar-refractivity contribution is 7.85. The van der Waals surface area contributed by atoms with Crippen LogP contribution in [0.4, 0.5) is 0 Å².